The van der Waals surface area contributed by atoms with Crippen molar-refractivity contribution in [3.05, 3.63) is 88.5 Å². The van der Waals surface area contributed by atoms with Crippen molar-refractivity contribution in [3.8, 4) is 0 Å². The number of allylic oxidation sites excluding steroid dienone is 1. The van der Waals surface area contributed by atoms with Crippen molar-refractivity contribution in [2.75, 3.05) is 0 Å². The summed E-state index contributed by atoms with van der Waals surface area (Å²) in [6.45, 7) is 10.5. The average Bonchev–Trinajstić information content (AvgIpc) is 2.57. The van der Waals surface area contributed by atoms with Crippen LogP contribution in [0.2, 0.25) is 0 Å². The Kier molecular flexibility index (Phi) is 6.14. The van der Waals surface area contributed by atoms with E-state index in [1.807, 2.05) is 42.5 Å². The molecule has 0 aliphatic rings. The third-order valence-corrected chi connectivity index (χ3v) is 4.19. The highest BCUT2D eigenvalue weighted by Gasteiger charge is 2.08. The van der Waals surface area contributed by atoms with E-state index in [0.717, 1.165) is 5.56 Å². The van der Waals surface area contributed by atoms with E-state index >= 15 is 0 Å². The summed E-state index contributed by atoms with van der Waals surface area (Å²) < 4.78 is 5.25. The summed E-state index contributed by atoms with van der Waals surface area (Å²) in [5.74, 6) is -0.315. The third kappa shape index (κ3) is 4.45. The minimum atomic E-state index is -0.315. The van der Waals surface area contributed by atoms with E-state index in [-0.39, 0.29) is 5.97 Å². The molecular weight excluding hydrogens is 296 g/mol. The van der Waals surface area contributed by atoms with Gasteiger partial charge >= 0.3 is 5.97 Å². The van der Waals surface area contributed by atoms with Gasteiger partial charge in [-0.2, -0.15) is 0 Å². The van der Waals surface area contributed by atoms with E-state index in [4.69, 9.17) is 4.74 Å². The van der Waals surface area contributed by atoms with E-state index in [1.165, 1.54) is 33.9 Å². The van der Waals surface area contributed by atoms with Crippen LogP contribution in [0.1, 0.15) is 33.4 Å². The highest BCUT2D eigenvalue weighted by Crippen LogP contribution is 2.23. The lowest BCUT2D eigenvalue weighted by molar-refractivity contribution is -0.139. The van der Waals surface area contributed by atoms with Crippen molar-refractivity contribution in [2.24, 2.45) is 0 Å². The molecule has 0 aromatic heterocycles. The molecule has 2 heteroatoms. The van der Waals surface area contributed by atoms with Gasteiger partial charge in [-0.25, -0.2) is 4.79 Å². The molecule has 0 spiro atoms. The van der Waals surface area contributed by atoms with Crippen LogP contribution in [-0.2, 0) is 22.6 Å². The zero-order valence-corrected chi connectivity index (χ0v) is 14.6. The fourth-order valence-electron chi connectivity index (χ4n) is 2.92. The molecule has 0 aliphatic carbocycles. The second-order valence-electron chi connectivity index (χ2n) is 5.93. The summed E-state index contributed by atoms with van der Waals surface area (Å²) in [5.41, 5.74) is 7.09. The first-order chi connectivity index (χ1) is 11.5. The molecule has 0 unspecified atom stereocenters. The van der Waals surface area contributed by atoms with Gasteiger partial charge in [0.1, 0.15) is 6.61 Å². The van der Waals surface area contributed by atoms with Crippen LogP contribution >= 0.6 is 0 Å². The van der Waals surface area contributed by atoms with Gasteiger partial charge < -0.3 is 4.74 Å². The molecule has 124 valence electrons. The number of carbonyl (C=O) groups is 1. The van der Waals surface area contributed by atoms with Gasteiger partial charge in [0.2, 0.25) is 0 Å². The summed E-state index contributed by atoms with van der Waals surface area (Å²) in [6.07, 6.45) is 5.98. The highest BCUT2D eigenvalue weighted by atomic mass is 16.5. The zero-order chi connectivity index (χ0) is 17.5. The fraction of sp³-hybridized carbons (Fsp3) is 0.227. The van der Waals surface area contributed by atoms with Crippen molar-refractivity contribution in [2.45, 2.75) is 33.8 Å². The number of rotatable bonds is 6. The lowest BCUT2D eigenvalue weighted by atomic mass is 9.91. The Hall–Kier alpha value is -2.61. The standard InChI is InChI=1S/C22H24O2/c1-5-20-16(2)14-17(3)21(18(20)4)12-9-13-22(23)24-15-19-10-7-6-8-11-19/h5-11,13-14H,1,12,15H2,2-4H3/b13-9+. The van der Waals surface area contributed by atoms with Crippen molar-refractivity contribution in [1.29, 1.82) is 0 Å². The third-order valence-electron chi connectivity index (χ3n) is 4.19. The molecule has 2 rings (SSSR count). The van der Waals surface area contributed by atoms with Crippen LogP contribution in [0.15, 0.2) is 55.1 Å². The second-order valence-corrected chi connectivity index (χ2v) is 5.93. The van der Waals surface area contributed by atoms with Gasteiger partial charge in [0.05, 0.1) is 0 Å². The molecule has 0 heterocycles. The summed E-state index contributed by atoms with van der Waals surface area (Å²) in [5, 5.41) is 0. The molecule has 2 aromatic rings. The number of hydrogen-bond acceptors (Lipinski definition) is 2. The molecule has 0 aliphatic heterocycles. The van der Waals surface area contributed by atoms with Gasteiger partial charge in [0.15, 0.2) is 0 Å². The van der Waals surface area contributed by atoms with E-state index < -0.39 is 0 Å². The Morgan fingerprint density at radius 1 is 1.12 bits per heavy atom. The highest BCUT2D eigenvalue weighted by molar-refractivity contribution is 5.82. The molecular formula is C22H24O2. The van der Waals surface area contributed by atoms with Crippen LogP contribution in [0.4, 0.5) is 0 Å². The molecule has 0 radical (unpaired) electrons. The first-order valence-corrected chi connectivity index (χ1v) is 8.12. The molecule has 2 nitrogen and oxygen atoms in total. The summed E-state index contributed by atoms with van der Waals surface area (Å²) in [7, 11) is 0. The molecule has 0 amide bonds. The maximum absolute atomic E-state index is 11.8. The number of ether oxygens (including phenoxy) is 1. The molecule has 0 bridgehead atoms. The summed E-state index contributed by atoms with van der Waals surface area (Å²) in [6, 6.07) is 11.8. The number of esters is 1. The number of carbonyl (C=O) groups excluding carboxylic acids is 1. The normalized spacial score (nSPS) is 10.8. The van der Waals surface area contributed by atoms with Crippen LogP contribution in [0.25, 0.3) is 6.08 Å². The smallest absolute Gasteiger partial charge is 0.330 e. The Bertz CT molecular complexity index is 755. The van der Waals surface area contributed by atoms with Crippen molar-refractivity contribution in [1.82, 2.24) is 0 Å². The number of hydrogen-bond donors (Lipinski definition) is 0. The Morgan fingerprint density at radius 3 is 2.50 bits per heavy atom. The van der Waals surface area contributed by atoms with Gasteiger partial charge in [-0.05, 0) is 60.6 Å². The van der Waals surface area contributed by atoms with E-state index in [2.05, 4.69) is 33.4 Å². The molecule has 24 heavy (non-hydrogen) atoms. The number of benzene rings is 2. The summed E-state index contributed by atoms with van der Waals surface area (Å²) in [4.78, 5) is 11.8. The SMILES string of the molecule is C=Cc1c(C)cc(C)c(C/C=C/C(=O)OCc2ccccc2)c1C. The average molecular weight is 320 g/mol. The zero-order valence-electron chi connectivity index (χ0n) is 14.6. The maximum Gasteiger partial charge on any atom is 0.330 e. The molecule has 0 N–H and O–H groups in total. The Balaban J connectivity index is 1.99. The van der Waals surface area contributed by atoms with Crippen LogP contribution in [-0.4, -0.2) is 5.97 Å². The van der Waals surface area contributed by atoms with Gasteiger partial charge in [-0.1, -0.05) is 55.1 Å². The summed E-state index contributed by atoms with van der Waals surface area (Å²) >= 11 is 0. The minimum absolute atomic E-state index is 0.299. The fourth-order valence-corrected chi connectivity index (χ4v) is 2.92. The van der Waals surface area contributed by atoms with E-state index in [0.29, 0.717) is 13.0 Å². The van der Waals surface area contributed by atoms with Crippen molar-refractivity contribution < 1.29 is 9.53 Å². The monoisotopic (exact) mass is 320 g/mol. The minimum Gasteiger partial charge on any atom is -0.458 e. The molecule has 0 saturated heterocycles. The van der Waals surface area contributed by atoms with Crippen LogP contribution < -0.4 is 0 Å². The lowest BCUT2D eigenvalue weighted by Gasteiger charge is -2.14. The first-order valence-electron chi connectivity index (χ1n) is 8.12. The van der Waals surface area contributed by atoms with Crippen LogP contribution in [0, 0.1) is 20.8 Å². The molecule has 0 atom stereocenters. The Morgan fingerprint density at radius 2 is 1.83 bits per heavy atom. The van der Waals surface area contributed by atoms with Gasteiger partial charge in [-0.3, -0.25) is 0 Å². The molecule has 0 saturated carbocycles. The first kappa shape index (κ1) is 17.7. The van der Waals surface area contributed by atoms with Crippen molar-refractivity contribution >= 4 is 12.0 Å². The largest absolute Gasteiger partial charge is 0.458 e. The maximum atomic E-state index is 11.8. The molecule has 2 aromatic carbocycles. The second kappa shape index (κ2) is 8.30. The van der Waals surface area contributed by atoms with Crippen molar-refractivity contribution in [3.63, 3.8) is 0 Å². The quantitative estimate of drug-likeness (QED) is 0.547. The van der Waals surface area contributed by atoms with Crippen LogP contribution in [0.3, 0.4) is 0 Å². The molecule has 0 fully saturated rings. The lowest BCUT2D eigenvalue weighted by Crippen LogP contribution is -2.02. The van der Waals surface area contributed by atoms with Gasteiger partial charge in [0, 0.05) is 6.08 Å². The number of aryl methyl sites for hydroxylation is 2. The topological polar surface area (TPSA) is 26.3 Å². The van der Waals surface area contributed by atoms with Gasteiger partial charge in [0.25, 0.3) is 0 Å². The predicted molar refractivity (Wildman–Crippen MR) is 99.8 cm³/mol. The Labute approximate surface area is 144 Å². The van der Waals surface area contributed by atoms with Gasteiger partial charge in [-0.15, -0.1) is 0 Å². The van der Waals surface area contributed by atoms with Crippen LogP contribution in [0.5, 0.6) is 0 Å². The van der Waals surface area contributed by atoms with E-state index in [9.17, 15) is 4.79 Å². The van der Waals surface area contributed by atoms with E-state index in [1.54, 1.807) is 0 Å². The predicted octanol–water partition coefficient (Wildman–Crippen LogP) is 5.10.